The van der Waals surface area contributed by atoms with E-state index in [0.29, 0.717) is 0 Å². The van der Waals surface area contributed by atoms with Crippen molar-refractivity contribution in [3.8, 4) is 17.0 Å². The average Bonchev–Trinajstić information content (AvgIpc) is 2.81. The highest BCUT2D eigenvalue weighted by molar-refractivity contribution is 5.59. The third-order valence-corrected chi connectivity index (χ3v) is 3.43. The zero-order chi connectivity index (χ0) is 12.5. The van der Waals surface area contributed by atoms with Crippen molar-refractivity contribution in [2.45, 2.75) is 25.4 Å². The van der Waals surface area contributed by atoms with Crippen molar-refractivity contribution in [1.82, 2.24) is 9.55 Å². The number of nitrogens with zero attached hydrogens (tertiary/aromatic N) is 2. The fourth-order valence-corrected chi connectivity index (χ4v) is 2.35. The van der Waals surface area contributed by atoms with Gasteiger partial charge in [-0.2, -0.15) is 0 Å². The van der Waals surface area contributed by atoms with E-state index < -0.39 is 0 Å². The molecule has 1 aliphatic rings. The van der Waals surface area contributed by atoms with E-state index in [9.17, 15) is 0 Å². The zero-order valence-electron chi connectivity index (χ0n) is 10.5. The smallest absolute Gasteiger partial charge is 0.118 e. The van der Waals surface area contributed by atoms with Crippen LogP contribution in [-0.2, 0) is 13.0 Å². The summed E-state index contributed by atoms with van der Waals surface area (Å²) in [5, 5.41) is 0. The number of aryl methyl sites for hydroxylation is 1. The van der Waals surface area contributed by atoms with Gasteiger partial charge in [0, 0.05) is 30.8 Å². The first-order valence-corrected chi connectivity index (χ1v) is 6.22. The molecule has 0 bridgehead atoms. The maximum atomic E-state index is 5.97. The lowest BCUT2D eigenvalue weighted by atomic mass is 10.1. The van der Waals surface area contributed by atoms with Crippen LogP contribution in [0.2, 0.25) is 0 Å². The molecular weight excluding hydrogens is 226 g/mol. The van der Waals surface area contributed by atoms with Crippen LogP contribution in [0.5, 0.6) is 5.75 Å². The van der Waals surface area contributed by atoms with Crippen molar-refractivity contribution in [2.75, 3.05) is 7.11 Å². The van der Waals surface area contributed by atoms with E-state index in [0.717, 1.165) is 42.2 Å². The van der Waals surface area contributed by atoms with Crippen molar-refractivity contribution in [2.24, 2.45) is 5.73 Å². The lowest BCUT2D eigenvalue weighted by Gasteiger charge is -2.18. The van der Waals surface area contributed by atoms with E-state index in [-0.39, 0.29) is 6.04 Å². The monoisotopic (exact) mass is 243 g/mol. The van der Waals surface area contributed by atoms with Crippen molar-refractivity contribution < 1.29 is 4.74 Å². The summed E-state index contributed by atoms with van der Waals surface area (Å²) in [4.78, 5) is 4.67. The van der Waals surface area contributed by atoms with E-state index in [1.165, 1.54) is 0 Å². The topological polar surface area (TPSA) is 53.1 Å². The van der Waals surface area contributed by atoms with Gasteiger partial charge in [0.15, 0.2) is 0 Å². The van der Waals surface area contributed by atoms with Crippen LogP contribution in [0.4, 0.5) is 0 Å². The third kappa shape index (κ3) is 1.99. The van der Waals surface area contributed by atoms with Crippen molar-refractivity contribution in [1.29, 1.82) is 0 Å². The lowest BCUT2D eigenvalue weighted by molar-refractivity contribution is 0.415. The summed E-state index contributed by atoms with van der Waals surface area (Å²) in [5.74, 6) is 1.96. The predicted octanol–water partition coefficient (Wildman–Crippen LogP) is 1.83. The Kier molecular flexibility index (Phi) is 2.80. The first-order valence-electron chi connectivity index (χ1n) is 6.22. The van der Waals surface area contributed by atoms with Gasteiger partial charge in [-0.1, -0.05) is 0 Å². The Morgan fingerprint density at radius 2 is 2.11 bits per heavy atom. The standard InChI is InChI=1S/C14H17N3O/c1-18-12-4-2-10(3-5-12)13-9-17-7-6-11(15)8-14(17)16-13/h2-5,9,11H,6-8,15H2,1H3. The second-order valence-electron chi connectivity index (χ2n) is 4.72. The minimum absolute atomic E-state index is 0.253. The minimum atomic E-state index is 0.253. The van der Waals surface area contributed by atoms with E-state index >= 15 is 0 Å². The number of benzene rings is 1. The summed E-state index contributed by atoms with van der Waals surface area (Å²) in [6, 6.07) is 8.24. The van der Waals surface area contributed by atoms with Crippen molar-refractivity contribution in [3.63, 3.8) is 0 Å². The molecule has 1 aromatic carbocycles. The van der Waals surface area contributed by atoms with Crippen LogP contribution in [0.15, 0.2) is 30.5 Å². The molecule has 1 unspecified atom stereocenters. The largest absolute Gasteiger partial charge is 0.497 e. The molecule has 2 heterocycles. The van der Waals surface area contributed by atoms with Gasteiger partial charge in [-0.3, -0.25) is 0 Å². The second kappa shape index (κ2) is 4.46. The minimum Gasteiger partial charge on any atom is -0.497 e. The van der Waals surface area contributed by atoms with E-state index in [2.05, 4.69) is 15.7 Å². The van der Waals surface area contributed by atoms with Crippen LogP contribution in [-0.4, -0.2) is 22.7 Å². The van der Waals surface area contributed by atoms with Crippen LogP contribution in [0, 0.1) is 0 Å². The molecule has 0 saturated carbocycles. The molecule has 94 valence electrons. The molecule has 4 heteroatoms. The molecule has 0 amide bonds. The molecule has 0 saturated heterocycles. The SMILES string of the molecule is COc1ccc(-c2cn3c(n2)CC(N)CC3)cc1. The maximum Gasteiger partial charge on any atom is 0.118 e. The Morgan fingerprint density at radius 3 is 2.83 bits per heavy atom. The molecule has 0 fully saturated rings. The number of fused-ring (bicyclic) bond motifs is 1. The fourth-order valence-electron chi connectivity index (χ4n) is 2.35. The van der Waals surface area contributed by atoms with Crippen LogP contribution < -0.4 is 10.5 Å². The van der Waals surface area contributed by atoms with Crippen molar-refractivity contribution in [3.05, 3.63) is 36.3 Å². The van der Waals surface area contributed by atoms with Crippen molar-refractivity contribution >= 4 is 0 Å². The van der Waals surface area contributed by atoms with Gasteiger partial charge in [0.25, 0.3) is 0 Å². The first-order chi connectivity index (χ1) is 8.76. The Balaban J connectivity index is 1.92. The normalized spacial score (nSPS) is 18.4. The van der Waals surface area contributed by atoms with Crippen LogP contribution in [0.3, 0.4) is 0 Å². The molecule has 4 nitrogen and oxygen atoms in total. The molecule has 18 heavy (non-hydrogen) atoms. The average molecular weight is 243 g/mol. The highest BCUT2D eigenvalue weighted by Gasteiger charge is 2.18. The zero-order valence-corrected chi connectivity index (χ0v) is 10.5. The number of ether oxygens (including phenoxy) is 1. The van der Waals surface area contributed by atoms with Gasteiger partial charge >= 0.3 is 0 Å². The molecule has 1 aliphatic heterocycles. The Bertz CT molecular complexity index is 545. The highest BCUT2D eigenvalue weighted by Crippen LogP contribution is 2.24. The second-order valence-corrected chi connectivity index (χ2v) is 4.72. The van der Waals surface area contributed by atoms with Gasteiger partial charge in [0.05, 0.1) is 12.8 Å². The molecule has 0 aliphatic carbocycles. The van der Waals surface area contributed by atoms with Gasteiger partial charge < -0.3 is 15.0 Å². The molecule has 2 N–H and O–H groups in total. The number of methoxy groups -OCH3 is 1. The van der Waals surface area contributed by atoms with Gasteiger partial charge in [-0.05, 0) is 30.7 Å². The summed E-state index contributed by atoms with van der Waals surface area (Å²) < 4.78 is 7.37. The van der Waals surface area contributed by atoms with E-state index in [1.807, 2.05) is 24.3 Å². The molecule has 1 atom stereocenters. The van der Waals surface area contributed by atoms with Gasteiger partial charge in [0.1, 0.15) is 11.6 Å². The van der Waals surface area contributed by atoms with E-state index in [4.69, 9.17) is 10.5 Å². The van der Waals surface area contributed by atoms with Crippen LogP contribution >= 0.6 is 0 Å². The number of nitrogens with two attached hydrogens (primary N) is 1. The Hall–Kier alpha value is -1.81. The first kappa shape index (κ1) is 11.3. The summed E-state index contributed by atoms with van der Waals surface area (Å²) in [5.41, 5.74) is 8.10. The molecular formula is C14H17N3O. The summed E-state index contributed by atoms with van der Waals surface area (Å²) >= 11 is 0. The fraction of sp³-hybridized carbons (Fsp3) is 0.357. The van der Waals surface area contributed by atoms with Crippen LogP contribution in [0.25, 0.3) is 11.3 Å². The molecule has 0 spiro atoms. The molecule has 2 aromatic rings. The quantitative estimate of drug-likeness (QED) is 0.875. The Labute approximate surface area is 106 Å². The highest BCUT2D eigenvalue weighted by atomic mass is 16.5. The van der Waals surface area contributed by atoms with Crippen LogP contribution in [0.1, 0.15) is 12.2 Å². The third-order valence-electron chi connectivity index (χ3n) is 3.43. The summed E-state index contributed by atoms with van der Waals surface area (Å²) in [6.45, 7) is 0.972. The lowest BCUT2D eigenvalue weighted by Crippen LogP contribution is -2.30. The maximum absolute atomic E-state index is 5.97. The number of aromatic nitrogens is 2. The molecule has 1 aromatic heterocycles. The molecule has 3 rings (SSSR count). The molecule has 0 radical (unpaired) electrons. The Morgan fingerprint density at radius 1 is 1.33 bits per heavy atom. The van der Waals surface area contributed by atoms with Gasteiger partial charge in [-0.25, -0.2) is 4.98 Å². The summed E-state index contributed by atoms with van der Waals surface area (Å²) in [6.07, 6.45) is 4.02. The number of rotatable bonds is 2. The number of imidazole rings is 1. The van der Waals surface area contributed by atoms with Gasteiger partial charge in [-0.15, -0.1) is 0 Å². The predicted molar refractivity (Wildman–Crippen MR) is 70.5 cm³/mol. The number of hydrogen-bond acceptors (Lipinski definition) is 3. The number of hydrogen-bond donors (Lipinski definition) is 1. The van der Waals surface area contributed by atoms with Gasteiger partial charge in [0.2, 0.25) is 0 Å². The summed E-state index contributed by atoms with van der Waals surface area (Å²) in [7, 11) is 1.67. The van der Waals surface area contributed by atoms with E-state index in [1.54, 1.807) is 7.11 Å².